The lowest BCUT2D eigenvalue weighted by Gasteiger charge is -2.14. The van der Waals surface area contributed by atoms with Crippen molar-refractivity contribution in [3.63, 3.8) is 0 Å². The lowest BCUT2D eigenvalue weighted by Crippen LogP contribution is -2.22. The third-order valence-corrected chi connectivity index (χ3v) is 3.38. The lowest BCUT2D eigenvalue weighted by molar-refractivity contribution is -0.141. The molecule has 1 atom stereocenters. The van der Waals surface area contributed by atoms with Crippen molar-refractivity contribution in [1.82, 2.24) is 0 Å². The first kappa shape index (κ1) is 16.2. The van der Waals surface area contributed by atoms with E-state index in [1.807, 2.05) is 48.5 Å². The smallest absolute Gasteiger partial charge is 0.339 e. The van der Waals surface area contributed by atoms with Crippen LogP contribution in [0.4, 0.5) is 4.39 Å². The highest BCUT2D eigenvalue weighted by atomic mass is 35.5. The van der Waals surface area contributed by atoms with Gasteiger partial charge in [-0.2, -0.15) is 0 Å². The molecule has 22 heavy (non-hydrogen) atoms. The van der Waals surface area contributed by atoms with E-state index < -0.39 is 18.7 Å². The second kappa shape index (κ2) is 8.35. The van der Waals surface area contributed by atoms with E-state index in [1.165, 1.54) is 0 Å². The van der Waals surface area contributed by atoms with Crippen LogP contribution >= 0.6 is 11.6 Å². The Morgan fingerprint density at radius 2 is 1.68 bits per heavy atom. The summed E-state index contributed by atoms with van der Waals surface area (Å²) in [5.74, 6) is -0.659. The Morgan fingerprint density at radius 3 is 2.23 bits per heavy atom. The van der Waals surface area contributed by atoms with Gasteiger partial charge in [-0.3, -0.25) is 0 Å². The molecule has 0 fully saturated rings. The molecule has 0 heterocycles. The van der Waals surface area contributed by atoms with Gasteiger partial charge in [-0.05, 0) is 17.2 Å². The molecule has 2 nitrogen and oxygen atoms in total. The first-order valence-corrected chi connectivity index (χ1v) is 7.43. The van der Waals surface area contributed by atoms with E-state index in [2.05, 4.69) is 0 Å². The fourth-order valence-corrected chi connectivity index (χ4v) is 2.06. The zero-order valence-electron chi connectivity index (χ0n) is 11.9. The Morgan fingerprint density at radius 1 is 1.09 bits per heavy atom. The molecule has 2 aromatic rings. The van der Waals surface area contributed by atoms with Crippen molar-refractivity contribution >= 4 is 29.2 Å². The Kier molecular flexibility index (Phi) is 6.16. The maximum absolute atomic E-state index is 12.7. The number of carbonyl (C=O) groups excluding carboxylic acids is 1. The molecule has 0 aliphatic rings. The average molecular weight is 319 g/mol. The highest BCUT2D eigenvalue weighted by Gasteiger charge is 2.18. The summed E-state index contributed by atoms with van der Waals surface area (Å²) in [7, 11) is 0. The normalized spacial score (nSPS) is 12.7. The summed E-state index contributed by atoms with van der Waals surface area (Å²) < 4.78 is 17.9. The summed E-state index contributed by atoms with van der Waals surface area (Å²) in [4.78, 5) is 12.4. The van der Waals surface area contributed by atoms with E-state index in [4.69, 9.17) is 16.3 Å². The Hall–Kier alpha value is -2.13. The Bertz CT molecular complexity index is 622. The fourth-order valence-electron chi connectivity index (χ4n) is 1.91. The number of hydrogen-bond acceptors (Lipinski definition) is 2. The van der Waals surface area contributed by atoms with Gasteiger partial charge in [0.2, 0.25) is 0 Å². The van der Waals surface area contributed by atoms with E-state index >= 15 is 0 Å². The first-order chi connectivity index (χ1) is 10.7. The molecule has 0 aliphatic carbocycles. The van der Waals surface area contributed by atoms with Gasteiger partial charge < -0.3 is 4.74 Å². The topological polar surface area (TPSA) is 26.3 Å². The molecule has 4 heteroatoms. The molecule has 2 rings (SSSR count). The van der Waals surface area contributed by atoms with Crippen LogP contribution in [0.15, 0.2) is 60.7 Å². The standard InChI is InChI=1S/C18H16ClFO2/c19-12-16(13-20)22-18(21)17(15-9-5-2-6-10-15)11-14-7-3-1-4-8-14/h1-11,16H,12-13H2/b17-11+. The molecule has 0 radical (unpaired) electrons. The number of carbonyl (C=O) groups is 1. The molecule has 0 aromatic heterocycles. The summed E-state index contributed by atoms with van der Waals surface area (Å²) in [5.41, 5.74) is 1.94. The summed E-state index contributed by atoms with van der Waals surface area (Å²) in [6.45, 7) is -0.803. The van der Waals surface area contributed by atoms with Gasteiger partial charge in [-0.25, -0.2) is 9.18 Å². The first-order valence-electron chi connectivity index (χ1n) is 6.89. The zero-order valence-corrected chi connectivity index (χ0v) is 12.7. The predicted molar refractivity (Wildman–Crippen MR) is 87.3 cm³/mol. The van der Waals surface area contributed by atoms with Crippen LogP contribution in [0, 0.1) is 0 Å². The molecule has 1 unspecified atom stereocenters. The lowest BCUT2D eigenvalue weighted by atomic mass is 10.0. The van der Waals surface area contributed by atoms with Crippen molar-refractivity contribution in [2.24, 2.45) is 0 Å². The molecule has 2 aromatic carbocycles. The molecule has 0 saturated carbocycles. The van der Waals surface area contributed by atoms with Gasteiger partial charge in [0.1, 0.15) is 12.8 Å². The van der Waals surface area contributed by atoms with E-state index in [1.54, 1.807) is 18.2 Å². The minimum atomic E-state index is -0.933. The van der Waals surface area contributed by atoms with Crippen LogP contribution in [0.5, 0.6) is 0 Å². The van der Waals surface area contributed by atoms with Crippen molar-refractivity contribution in [3.8, 4) is 0 Å². The molecule has 0 N–H and O–H groups in total. The van der Waals surface area contributed by atoms with E-state index in [9.17, 15) is 9.18 Å². The number of esters is 1. The maximum atomic E-state index is 12.7. The minimum absolute atomic E-state index is 0.0738. The second-order valence-electron chi connectivity index (χ2n) is 4.67. The number of hydrogen-bond donors (Lipinski definition) is 0. The van der Waals surface area contributed by atoms with Gasteiger partial charge in [0.25, 0.3) is 0 Å². The summed E-state index contributed by atoms with van der Waals surface area (Å²) in [5, 5.41) is 0. The largest absolute Gasteiger partial charge is 0.455 e. The van der Waals surface area contributed by atoms with Gasteiger partial charge >= 0.3 is 5.97 Å². The summed E-state index contributed by atoms with van der Waals surface area (Å²) >= 11 is 5.59. The SMILES string of the molecule is O=C(OC(CF)CCl)/C(=C/c1ccccc1)c1ccccc1. The molecule has 0 amide bonds. The highest BCUT2D eigenvalue weighted by molar-refractivity contribution is 6.22. The van der Waals surface area contributed by atoms with Crippen LogP contribution in [0.2, 0.25) is 0 Å². The maximum Gasteiger partial charge on any atom is 0.339 e. The molecular formula is C18H16ClFO2. The van der Waals surface area contributed by atoms with E-state index in [0.29, 0.717) is 11.1 Å². The number of alkyl halides is 2. The third-order valence-electron chi connectivity index (χ3n) is 3.03. The van der Waals surface area contributed by atoms with Crippen molar-refractivity contribution < 1.29 is 13.9 Å². The van der Waals surface area contributed by atoms with Crippen molar-refractivity contribution in [1.29, 1.82) is 0 Å². The predicted octanol–water partition coefficient (Wildman–Crippen LogP) is 4.35. The Labute approximate surface area is 134 Å². The van der Waals surface area contributed by atoms with Gasteiger partial charge in [0.15, 0.2) is 0 Å². The van der Waals surface area contributed by atoms with E-state index in [0.717, 1.165) is 5.56 Å². The van der Waals surface area contributed by atoms with Gasteiger partial charge in [0.05, 0.1) is 11.5 Å². The number of rotatable bonds is 6. The van der Waals surface area contributed by atoms with E-state index in [-0.39, 0.29) is 5.88 Å². The van der Waals surface area contributed by atoms with Crippen LogP contribution in [0.25, 0.3) is 11.6 Å². The van der Waals surface area contributed by atoms with Gasteiger partial charge in [-0.15, -0.1) is 11.6 Å². The van der Waals surface area contributed by atoms with Crippen LogP contribution in [0.1, 0.15) is 11.1 Å². The quantitative estimate of drug-likeness (QED) is 0.342. The number of ether oxygens (including phenoxy) is 1. The fraction of sp³-hybridized carbons (Fsp3) is 0.167. The molecule has 0 bridgehead atoms. The molecular weight excluding hydrogens is 303 g/mol. The molecule has 0 saturated heterocycles. The second-order valence-corrected chi connectivity index (χ2v) is 4.98. The number of benzene rings is 2. The van der Waals surface area contributed by atoms with Crippen molar-refractivity contribution in [3.05, 3.63) is 71.8 Å². The molecule has 0 aliphatic heterocycles. The zero-order chi connectivity index (χ0) is 15.8. The van der Waals surface area contributed by atoms with Crippen molar-refractivity contribution in [2.75, 3.05) is 12.6 Å². The summed E-state index contributed by atoms with van der Waals surface area (Å²) in [6, 6.07) is 18.5. The highest BCUT2D eigenvalue weighted by Crippen LogP contribution is 2.20. The minimum Gasteiger partial charge on any atom is -0.455 e. The van der Waals surface area contributed by atoms with Crippen LogP contribution in [-0.4, -0.2) is 24.6 Å². The molecule has 0 spiro atoms. The Balaban J connectivity index is 2.34. The van der Waals surface area contributed by atoms with Crippen LogP contribution < -0.4 is 0 Å². The molecule has 114 valence electrons. The summed E-state index contributed by atoms with van der Waals surface area (Å²) in [6.07, 6.45) is 0.790. The van der Waals surface area contributed by atoms with Gasteiger partial charge in [-0.1, -0.05) is 60.7 Å². The van der Waals surface area contributed by atoms with Crippen molar-refractivity contribution in [2.45, 2.75) is 6.10 Å². The third kappa shape index (κ3) is 4.43. The van der Waals surface area contributed by atoms with Gasteiger partial charge in [0, 0.05) is 0 Å². The van der Waals surface area contributed by atoms with Crippen LogP contribution in [0.3, 0.4) is 0 Å². The monoisotopic (exact) mass is 318 g/mol. The number of halogens is 2. The van der Waals surface area contributed by atoms with Crippen LogP contribution in [-0.2, 0) is 9.53 Å². The average Bonchev–Trinajstić information content (AvgIpc) is 2.59.